The molecule has 0 bridgehead atoms. The van der Waals surface area contributed by atoms with Crippen LogP contribution in [0.4, 0.5) is 0 Å². The fourth-order valence-corrected chi connectivity index (χ4v) is 2.19. The van der Waals surface area contributed by atoms with E-state index in [1.54, 1.807) is 0 Å². The van der Waals surface area contributed by atoms with E-state index in [2.05, 4.69) is 59.4 Å². The monoisotopic (exact) mass is 283 g/mol. The summed E-state index contributed by atoms with van der Waals surface area (Å²) in [5.74, 6) is 0. The number of hydrogen-bond donors (Lipinski definition) is 1. The Morgan fingerprint density at radius 3 is 2.38 bits per heavy atom. The first-order chi connectivity index (χ1) is 7.62. The third kappa shape index (κ3) is 2.47. The highest BCUT2D eigenvalue weighted by atomic mass is 79.9. The highest BCUT2D eigenvalue weighted by molar-refractivity contribution is 9.10. The van der Waals surface area contributed by atoms with E-state index in [1.807, 2.05) is 0 Å². The molecule has 0 atom stereocenters. The lowest BCUT2D eigenvalue weighted by molar-refractivity contribution is -0.0597. The van der Waals surface area contributed by atoms with Crippen LogP contribution >= 0.6 is 15.9 Å². The van der Waals surface area contributed by atoms with Crippen LogP contribution in [-0.4, -0.2) is 25.8 Å². The standard InChI is InChI=1S/C13H18BrNO/c1-10(2)15-7-13(8-16-9-13)11-3-5-12(14)6-4-11/h3-6,10,15H,7-9H2,1-2H3. The van der Waals surface area contributed by atoms with E-state index < -0.39 is 0 Å². The van der Waals surface area contributed by atoms with Gasteiger partial charge in [-0.05, 0) is 17.7 Å². The molecule has 1 aromatic carbocycles. The van der Waals surface area contributed by atoms with Gasteiger partial charge in [-0.1, -0.05) is 41.9 Å². The second kappa shape index (κ2) is 4.86. The average Bonchev–Trinajstić information content (AvgIpc) is 2.18. The molecule has 16 heavy (non-hydrogen) atoms. The van der Waals surface area contributed by atoms with Crippen molar-refractivity contribution < 1.29 is 4.74 Å². The SMILES string of the molecule is CC(C)NCC1(c2ccc(Br)cc2)COC1. The summed E-state index contributed by atoms with van der Waals surface area (Å²) in [5, 5.41) is 3.51. The van der Waals surface area contributed by atoms with E-state index in [0.29, 0.717) is 6.04 Å². The predicted octanol–water partition coefficient (Wildman–Crippen LogP) is 2.72. The van der Waals surface area contributed by atoms with Crippen LogP contribution < -0.4 is 5.32 Å². The fourth-order valence-electron chi connectivity index (χ4n) is 1.92. The molecule has 0 radical (unpaired) electrons. The van der Waals surface area contributed by atoms with E-state index in [0.717, 1.165) is 24.2 Å². The molecule has 0 spiro atoms. The predicted molar refractivity (Wildman–Crippen MR) is 69.8 cm³/mol. The first kappa shape index (κ1) is 12.1. The molecule has 0 aromatic heterocycles. The van der Waals surface area contributed by atoms with Crippen molar-refractivity contribution in [3.63, 3.8) is 0 Å². The van der Waals surface area contributed by atoms with Crippen LogP contribution in [0, 0.1) is 0 Å². The van der Waals surface area contributed by atoms with Gasteiger partial charge >= 0.3 is 0 Å². The molecule has 88 valence electrons. The van der Waals surface area contributed by atoms with Crippen molar-refractivity contribution >= 4 is 15.9 Å². The summed E-state index contributed by atoms with van der Waals surface area (Å²) >= 11 is 3.47. The zero-order valence-corrected chi connectivity index (χ0v) is 11.4. The molecule has 1 saturated heterocycles. The molecule has 0 aliphatic carbocycles. The molecule has 1 N–H and O–H groups in total. The Bertz CT molecular complexity index is 343. The van der Waals surface area contributed by atoms with Crippen LogP contribution in [0.1, 0.15) is 19.4 Å². The molecular weight excluding hydrogens is 266 g/mol. The molecular formula is C13H18BrNO. The number of ether oxygens (including phenoxy) is 1. The van der Waals surface area contributed by atoms with Crippen molar-refractivity contribution in [1.29, 1.82) is 0 Å². The minimum absolute atomic E-state index is 0.185. The van der Waals surface area contributed by atoms with Gasteiger partial charge in [-0.2, -0.15) is 0 Å². The number of nitrogens with one attached hydrogen (secondary N) is 1. The van der Waals surface area contributed by atoms with Gasteiger partial charge in [0.05, 0.1) is 18.6 Å². The molecule has 1 aliphatic rings. The molecule has 0 amide bonds. The molecule has 2 nitrogen and oxygen atoms in total. The molecule has 0 unspecified atom stereocenters. The minimum Gasteiger partial charge on any atom is -0.379 e. The molecule has 0 saturated carbocycles. The Kier molecular flexibility index (Phi) is 3.67. The second-order valence-electron chi connectivity index (χ2n) is 4.82. The van der Waals surface area contributed by atoms with E-state index in [1.165, 1.54) is 5.56 Å². The first-order valence-corrected chi connectivity index (χ1v) is 6.49. The molecule has 1 aliphatic heterocycles. The zero-order valence-electron chi connectivity index (χ0n) is 9.79. The molecule has 1 aromatic rings. The van der Waals surface area contributed by atoms with Crippen molar-refractivity contribution in [2.75, 3.05) is 19.8 Å². The lowest BCUT2D eigenvalue weighted by Crippen LogP contribution is -2.54. The van der Waals surface area contributed by atoms with Crippen LogP contribution in [0.3, 0.4) is 0 Å². The maximum absolute atomic E-state index is 5.40. The summed E-state index contributed by atoms with van der Waals surface area (Å²) < 4.78 is 6.53. The van der Waals surface area contributed by atoms with Gasteiger partial charge in [0.15, 0.2) is 0 Å². The summed E-state index contributed by atoms with van der Waals surface area (Å²) in [6, 6.07) is 9.10. The van der Waals surface area contributed by atoms with Crippen molar-refractivity contribution in [3.05, 3.63) is 34.3 Å². The van der Waals surface area contributed by atoms with Crippen LogP contribution in [0.2, 0.25) is 0 Å². The number of halogens is 1. The number of hydrogen-bond acceptors (Lipinski definition) is 2. The summed E-state index contributed by atoms with van der Waals surface area (Å²) in [6.45, 7) is 7.00. The van der Waals surface area contributed by atoms with Crippen LogP contribution in [0.15, 0.2) is 28.7 Å². The van der Waals surface area contributed by atoms with Crippen molar-refractivity contribution in [2.45, 2.75) is 25.3 Å². The van der Waals surface area contributed by atoms with Gasteiger partial charge in [0.2, 0.25) is 0 Å². The summed E-state index contributed by atoms with van der Waals surface area (Å²) in [6.07, 6.45) is 0. The van der Waals surface area contributed by atoms with E-state index in [-0.39, 0.29) is 5.41 Å². The first-order valence-electron chi connectivity index (χ1n) is 5.70. The Morgan fingerprint density at radius 1 is 1.31 bits per heavy atom. The van der Waals surface area contributed by atoms with Gasteiger partial charge < -0.3 is 10.1 Å². The maximum atomic E-state index is 5.40. The lowest BCUT2D eigenvalue weighted by atomic mass is 9.78. The van der Waals surface area contributed by atoms with E-state index in [9.17, 15) is 0 Å². The smallest absolute Gasteiger partial charge is 0.0598 e. The van der Waals surface area contributed by atoms with Gasteiger partial charge in [-0.15, -0.1) is 0 Å². The third-order valence-electron chi connectivity index (χ3n) is 3.06. The van der Waals surface area contributed by atoms with Crippen LogP contribution in [0.5, 0.6) is 0 Å². The third-order valence-corrected chi connectivity index (χ3v) is 3.59. The van der Waals surface area contributed by atoms with E-state index >= 15 is 0 Å². The fraction of sp³-hybridized carbons (Fsp3) is 0.538. The summed E-state index contributed by atoms with van der Waals surface area (Å²) in [5.41, 5.74) is 1.56. The van der Waals surface area contributed by atoms with Gasteiger partial charge in [-0.25, -0.2) is 0 Å². The Morgan fingerprint density at radius 2 is 1.94 bits per heavy atom. The molecule has 1 heterocycles. The van der Waals surface area contributed by atoms with Gasteiger partial charge in [0.25, 0.3) is 0 Å². The average molecular weight is 284 g/mol. The topological polar surface area (TPSA) is 21.3 Å². The highest BCUT2D eigenvalue weighted by Gasteiger charge is 2.39. The van der Waals surface area contributed by atoms with Crippen molar-refractivity contribution in [2.24, 2.45) is 0 Å². The lowest BCUT2D eigenvalue weighted by Gasteiger charge is -2.42. The highest BCUT2D eigenvalue weighted by Crippen LogP contribution is 2.32. The normalized spacial score (nSPS) is 18.5. The summed E-state index contributed by atoms with van der Waals surface area (Å²) in [7, 11) is 0. The van der Waals surface area contributed by atoms with Crippen LogP contribution in [-0.2, 0) is 10.2 Å². The van der Waals surface area contributed by atoms with Crippen LogP contribution in [0.25, 0.3) is 0 Å². The molecule has 2 rings (SSSR count). The Labute approximate surface area is 106 Å². The molecule has 1 fully saturated rings. The molecule has 3 heteroatoms. The van der Waals surface area contributed by atoms with Gasteiger partial charge in [0, 0.05) is 17.1 Å². The Balaban J connectivity index is 2.11. The summed E-state index contributed by atoms with van der Waals surface area (Å²) in [4.78, 5) is 0. The Hall–Kier alpha value is -0.380. The quantitative estimate of drug-likeness (QED) is 0.918. The second-order valence-corrected chi connectivity index (χ2v) is 5.73. The largest absolute Gasteiger partial charge is 0.379 e. The van der Waals surface area contributed by atoms with Gasteiger partial charge in [-0.3, -0.25) is 0 Å². The number of benzene rings is 1. The number of rotatable bonds is 4. The van der Waals surface area contributed by atoms with Crippen molar-refractivity contribution in [3.8, 4) is 0 Å². The maximum Gasteiger partial charge on any atom is 0.0598 e. The van der Waals surface area contributed by atoms with Gasteiger partial charge in [0.1, 0.15) is 0 Å². The van der Waals surface area contributed by atoms with Crippen molar-refractivity contribution in [1.82, 2.24) is 5.32 Å². The van der Waals surface area contributed by atoms with E-state index in [4.69, 9.17) is 4.74 Å². The zero-order chi connectivity index (χ0) is 11.6. The minimum atomic E-state index is 0.185.